The minimum absolute atomic E-state index is 0.121. The van der Waals surface area contributed by atoms with Crippen LogP contribution in [0.4, 0.5) is 11.4 Å². The largest absolute Gasteiger partial charge is 0.454 e. The minimum atomic E-state index is -0.829. The first-order valence-corrected chi connectivity index (χ1v) is 8.94. The van der Waals surface area contributed by atoms with Crippen molar-refractivity contribution in [3.05, 3.63) is 47.5 Å². The molecule has 0 radical (unpaired) electrons. The maximum absolute atomic E-state index is 12.7. The van der Waals surface area contributed by atoms with Gasteiger partial charge in [0.25, 0.3) is 5.91 Å². The normalized spacial score (nSPS) is 17.4. The fourth-order valence-electron chi connectivity index (χ4n) is 3.20. The first-order valence-electron chi connectivity index (χ1n) is 8.94. The van der Waals surface area contributed by atoms with Gasteiger partial charge in [0.05, 0.1) is 11.1 Å². The number of carbonyl (C=O) groups is 4. The molecule has 1 unspecified atom stereocenters. The number of anilines is 2. The number of piperidine rings is 1. The van der Waals surface area contributed by atoms with Gasteiger partial charge in [-0.15, -0.1) is 0 Å². The fourth-order valence-corrected chi connectivity index (χ4v) is 3.20. The number of carbonyl (C=O) groups excluding carboxylic acids is 4. The van der Waals surface area contributed by atoms with Gasteiger partial charge in [-0.3, -0.25) is 24.5 Å². The Balaban J connectivity index is 1.55. The number of imide groups is 1. The monoisotopic (exact) mass is 395 g/mol. The van der Waals surface area contributed by atoms with Crippen LogP contribution in [-0.4, -0.2) is 36.8 Å². The molecule has 0 aromatic heterocycles. The molecule has 0 aliphatic carbocycles. The molecule has 2 aliphatic heterocycles. The zero-order valence-electron chi connectivity index (χ0n) is 15.2. The molecule has 2 aromatic rings. The Hall–Kier alpha value is -3.88. The lowest BCUT2D eigenvalue weighted by Gasteiger charge is -2.22. The van der Waals surface area contributed by atoms with Crippen molar-refractivity contribution in [2.45, 2.75) is 18.9 Å². The lowest BCUT2D eigenvalue weighted by atomic mass is 10.0. The summed E-state index contributed by atoms with van der Waals surface area (Å²) in [5.41, 5.74) is 1.35. The van der Waals surface area contributed by atoms with Crippen molar-refractivity contribution in [2.24, 2.45) is 0 Å². The van der Waals surface area contributed by atoms with Crippen LogP contribution in [0.25, 0.3) is 0 Å². The molecule has 0 spiro atoms. The Morgan fingerprint density at radius 2 is 1.97 bits per heavy atom. The van der Waals surface area contributed by atoms with Crippen molar-refractivity contribution in [2.75, 3.05) is 12.1 Å². The molecule has 9 nitrogen and oxygen atoms in total. The third kappa shape index (κ3) is 3.75. The molecular weight excluding hydrogens is 378 g/mol. The molecule has 1 atom stereocenters. The average molecular weight is 395 g/mol. The van der Waals surface area contributed by atoms with Gasteiger partial charge in [0.2, 0.25) is 18.6 Å². The summed E-state index contributed by atoms with van der Waals surface area (Å²) in [6, 6.07) is 9.19. The van der Waals surface area contributed by atoms with Crippen molar-refractivity contribution in [3.8, 4) is 11.5 Å². The Kier molecular flexibility index (Phi) is 4.86. The molecule has 3 amide bonds. The van der Waals surface area contributed by atoms with Gasteiger partial charge in [-0.1, -0.05) is 6.07 Å². The van der Waals surface area contributed by atoms with Crippen LogP contribution in [-0.2, 0) is 9.59 Å². The van der Waals surface area contributed by atoms with Gasteiger partial charge in [-0.05, 0) is 30.7 Å². The van der Waals surface area contributed by atoms with E-state index in [9.17, 15) is 19.2 Å². The van der Waals surface area contributed by atoms with E-state index in [1.807, 2.05) is 0 Å². The highest BCUT2D eigenvalue weighted by atomic mass is 16.7. The highest BCUT2D eigenvalue weighted by molar-refractivity contribution is 6.07. The van der Waals surface area contributed by atoms with Gasteiger partial charge >= 0.3 is 0 Å². The summed E-state index contributed by atoms with van der Waals surface area (Å²) >= 11 is 0. The van der Waals surface area contributed by atoms with Crippen LogP contribution < -0.4 is 25.4 Å². The molecule has 2 aliphatic rings. The van der Waals surface area contributed by atoms with E-state index >= 15 is 0 Å². The van der Waals surface area contributed by atoms with E-state index in [1.54, 1.807) is 30.3 Å². The van der Waals surface area contributed by atoms with E-state index in [0.29, 0.717) is 29.2 Å². The second kappa shape index (κ2) is 7.63. The van der Waals surface area contributed by atoms with Crippen LogP contribution >= 0.6 is 0 Å². The van der Waals surface area contributed by atoms with Crippen molar-refractivity contribution in [3.63, 3.8) is 0 Å². The zero-order chi connectivity index (χ0) is 20.4. The topological polar surface area (TPSA) is 123 Å². The second-order valence-electron chi connectivity index (χ2n) is 6.55. The van der Waals surface area contributed by atoms with Gasteiger partial charge in [-0.2, -0.15) is 0 Å². The second-order valence-corrected chi connectivity index (χ2v) is 6.55. The van der Waals surface area contributed by atoms with Crippen LogP contribution in [0.5, 0.6) is 11.5 Å². The van der Waals surface area contributed by atoms with Crippen LogP contribution in [0.1, 0.15) is 33.6 Å². The standard InChI is InChI=1S/C20H17N3O6/c24-9-13-12(19(26)22-15-5-7-18(25)23-20(15)27)2-1-3-14(13)21-11-4-6-16-17(8-11)29-10-28-16/h1-4,6,8-9,15,21H,5,7,10H2,(H,22,26)(H,23,25,27). The van der Waals surface area contributed by atoms with E-state index < -0.39 is 17.9 Å². The van der Waals surface area contributed by atoms with Crippen LogP contribution in [0.3, 0.4) is 0 Å². The van der Waals surface area contributed by atoms with Gasteiger partial charge in [0, 0.05) is 23.9 Å². The summed E-state index contributed by atoms with van der Waals surface area (Å²) < 4.78 is 10.6. The predicted molar refractivity (Wildman–Crippen MR) is 101 cm³/mol. The summed E-state index contributed by atoms with van der Waals surface area (Å²) in [7, 11) is 0. The lowest BCUT2D eigenvalue weighted by Crippen LogP contribution is -2.52. The van der Waals surface area contributed by atoms with Gasteiger partial charge in [0.15, 0.2) is 17.8 Å². The van der Waals surface area contributed by atoms with Crippen molar-refractivity contribution in [1.82, 2.24) is 10.6 Å². The third-order valence-corrected chi connectivity index (χ3v) is 4.66. The van der Waals surface area contributed by atoms with Crippen molar-refractivity contribution in [1.29, 1.82) is 0 Å². The molecule has 29 heavy (non-hydrogen) atoms. The highest BCUT2D eigenvalue weighted by Crippen LogP contribution is 2.35. The highest BCUT2D eigenvalue weighted by Gasteiger charge is 2.29. The molecule has 148 valence electrons. The Morgan fingerprint density at radius 3 is 2.76 bits per heavy atom. The van der Waals surface area contributed by atoms with Gasteiger partial charge < -0.3 is 20.1 Å². The number of benzene rings is 2. The molecule has 1 saturated heterocycles. The molecule has 9 heteroatoms. The quantitative estimate of drug-likeness (QED) is 0.518. The Morgan fingerprint density at radius 1 is 1.14 bits per heavy atom. The molecule has 4 rings (SSSR count). The smallest absolute Gasteiger partial charge is 0.252 e. The first-order chi connectivity index (χ1) is 14.0. The molecule has 1 fully saturated rings. The molecule has 0 bridgehead atoms. The SMILES string of the molecule is O=Cc1c(Nc2ccc3c(c2)OCO3)cccc1C(=O)NC1CCC(=O)NC1=O. The summed E-state index contributed by atoms with van der Waals surface area (Å²) in [5, 5.41) is 7.86. The van der Waals surface area contributed by atoms with E-state index in [1.165, 1.54) is 6.07 Å². The fraction of sp³-hybridized carbons (Fsp3) is 0.200. The summed E-state index contributed by atoms with van der Waals surface area (Å²) in [5.74, 6) is -0.297. The van der Waals surface area contributed by atoms with Gasteiger partial charge in [0.1, 0.15) is 6.04 Å². The molecule has 3 N–H and O–H groups in total. The minimum Gasteiger partial charge on any atom is -0.454 e. The summed E-state index contributed by atoms with van der Waals surface area (Å²) in [6.07, 6.45) is 0.930. The van der Waals surface area contributed by atoms with Crippen LogP contribution in [0.15, 0.2) is 36.4 Å². The maximum Gasteiger partial charge on any atom is 0.252 e. The van der Waals surface area contributed by atoms with E-state index in [4.69, 9.17) is 9.47 Å². The van der Waals surface area contributed by atoms with Crippen LogP contribution in [0.2, 0.25) is 0 Å². The molecule has 0 saturated carbocycles. The van der Waals surface area contributed by atoms with Crippen LogP contribution in [0, 0.1) is 0 Å². The maximum atomic E-state index is 12.7. The van der Waals surface area contributed by atoms with E-state index in [-0.39, 0.29) is 36.7 Å². The predicted octanol–water partition coefficient (Wildman–Crippen LogP) is 1.51. The van der Waals surface area contributed by atoms with Gasteiger partial charge in [-0.25, -0.2) is 0 Å². The number of fused-ring (bicyclic) bond motifs is 1. The number of amides is 3. The number of hydrogen-bond acceptors (Lipinski definition) is 7. The summed E-state index contributed by atoms with van der Waals surface area (Å²) in [4.78, 5) is 47.5. The lowest BCUT2D eigenvalue weighted by molar-refractivity contribution is -0.134. The third-order valence-electron chi connectivity index (χ3n) is 4.66. The number of aldehydes is 1. The Bertz CT molecular complexity index is 1020. The number of ether oxygens (including phenoxy) is 2. The van der Waals surface area contributed by atoms with Crippen molar-refractivity contribution >= 4 is 35.4 Å². The Labute approximate surface area is 165 Å². The zero-order valence-corrected chi connectivity index (χ0v) is 15.2. The van der Waals surface area contributed by atoms with Crippen molar-refractivity contribution < 1.29 is 28.7 Å². The first kappa shape index (κ1) is 18.5. The van der Waals surface area contributed by atoms with E-state index in [2.05, 4.69) is 16.0 Å². The number of nitrogens with one attached hydrogen (secondary N) is 3. The molecule has 2 aromatic carbocycles. The molecular formula is C20H17N3O6. The van der Waals surface area contributed by atoms with E-state index in [0.717, 1.165) is 0 Å². The molecule has 2 heterocycles. The average Bonchev–Trinajstić information content (AvgIpc) is 3.17. The number of hydrogen-bond donors (Lipinski definition) is 3. The number of rotatable bonds is 5. The summed E-state index contributed by atoms with van der Waals surface area (Å²) in [6.45, 7) is 0.147.